The minimum atomic E-state index is -0.00568. The Morgan fingerprint density at radius 1 is 1.29 bits per heavy atom. The van der Waals surface area contributed by atoms with E-state index in [1.54, 1.807) is 0 Å². The number of hydrogen-bond donors (Lipinski definition) is 2. The molecule has 0 aromatic heterocycles. The fourth-order valence-electron chi connectivity index (χ4n) is 4.25. The van der Waals surface area contributed by atoms with Crippen LogP contribution in [0.1, 0.15) is 53.9 Å². The highest BCUT2D eigenvalue weighted by Gasteiger charge is 2.59. The first-order valence-corrected chi connectivity index (χ1v) is 7.06. The van der Waals surface area contributed by atoms with Gasteiger partial charge in [0, 0.05) is 24.6 Å². The maximum absolute atomic E-state index is 9.35. The topological polar surface area (TPSA) is 32.3 Å². The predicted octanol–water partition coefficient (Wildman–Crippen LogP) is 2.81. The van der Waals surface area contributed by atoms with Crippen LogP contribution in [0.3, 0.4) is 0 Å². The van der Waals surface area contributed by atoms with Crippen molar-refractivity contribution in [3.63, 3.8) is 0 Å². The second kappa shape index (κ2) is 3.96. The monoisotopic (exact) mass is 239 g/mol. The average Bonchev–Trinajstić information content (AvgIpc) is 2.68. The highest BCUT2D eigenvalue weighted by Crippen LogP contribution is 2.62. The van der Waals surface area contributed by atoms with Crippen molar-refractivity contribution in [2.24, 2.45) is 22.2 Å². The highest BCUT2D eigenvalue weighted by molar-refractivity contribution is 5.12. The van der Waals surface area contributed by atoms with E-state index in [1.165, 1.54) is 19.3 Å². The van der Waals surface area contributed by atoms with Gasteiger partial charge in [-0.05, 0) is 36.0 Å². The van der Waals surface area contributed by atoms with Crippen molar-refractivity contribution in [2.45, 2.75) is 59.9 Å². The van der Waals surface area contributed by atoms with E-state index in [9.17, 15) is 5.11 Å². The zero-order valence-corrected chi connectivity index (χ0v) is 12.1. The zero-order valence-electron chi connectivity index (χ0n) is 12.1. The molecule has 3 atom stereocenters. The Balaban J connectivity index is 2.05. The molecule has 0 aromatic rings. The van der Waals surface area contributed by atoms with Crippen molar-refractivity contribution in [1.82, 2.24) is 5.32 Å². The Bertz CT molecular complexity index is 293. The molecule has 2 fully saturated rings. The van der Waals surface area contributed by atoms with Gasteiger partial charge in [0.15, 0.2) is 0 Å². The van der Waals surface area contributed by atoms with Crippen molar-refractivity contribution in [2.75, 3.05) is 13.2 Å². The molecule has 1 unspecified atom stereocenters. The van der Waals surface area contributed by atoms with Crippen molar-refractivity contribution >= 4 is 0 Å². The van der Waals surface area contributed by atoms with E-state index >= 15 is 0 Å². The van der Waals surface area contributed by atoms with Gasteiger partial charge in [-0.3, -0.25) is 0 Å². The second-order valence-electron chi connectivity index (χ2n) is 8.05. The van der Waals surface area contributed by atoms with E-state index in [2.05, 4.69) is 39.9 Å². The molecule has 0 amide bonds. The molecule has 2 heteroatoms. The molecule has 17 heavy (non-hydrogen) atoms. The fourth-order valence-corrected chi connectivity index (χ4v) is 4.25. The van der Waals surface area contributed by atoms with Gasteiger partial charge in [-0.15, -0.1) is 0 Å². The summed E-state index contributed by atoms with van der Waals surface area (Å²) < 4.78 is 0. The summed E-state index contributed by atoms with van der Waals surface area (Å²) in [6.07, 6.45) is 4.17. The van der Waals surface area contributed by atoms with Gasteiger partial charge in [-0.2, -0.15) is 0 Å². The van der Waals surface area contributed by atoms with Gasteiger partial charge in [0.05, 0.1) is 0 Å². The fraction of sp³-hybridized carbons (Fsp3) is 1.00. The summed E-state index contributed by atoms with van der Waals surface area (Å²) in [5.74, 6) is 0.891. The lowest BCUT2D eigenvalue weighted by molar-refractivity contribution is 0.0845. The number of nitrogens with one attached hydrogen (secondary N) is 1. The quantitative estimate of drug-likeness (QED) is 0.790. The average molecular weight is 239 g/mol. The second-order valence-corrected chi connectivity index (χ2v) is 8.05. The third kappa shape index (κ3) is 2.15. The number of fused-ring (bicyclic) bond motifs is 2. The van der Waals surface area contributed by atoms with Crippen molar-refractivity contribution in [3.05, 3.63) is 0 Å². The molecule has 0 heterocycles. The van der Waals surface area contributed by atoms with Crippen LogP contribution in [0.5, 0.6) is 0 Å². The van der Waals surface area contributed by atoms with E-state index < -0.39 is 0 Å². The van der Waals surface area contributed by atoms with Crippen LogP contribution in [-0.2, 0) is 0 Å². The lowest BCUT2D eigenvalue weighted by Crippen LogP contribution is -2.52. The molecule has 2 aliphatic rings. The van der Waals surface area contributed by atoms with Crippen LogP contribution < -0.4 is 5.32 Å². The molecule has 2 nitrogen and oxygen atoms in total. The third-order valence-corrected chi connectivity index (χ3v) is 5.48. The lowest BCUT2D eigenvalue weighted by atomic mass is 9.68. The van der Waals surface area contributed by atoms with Crippen molar-refractivity contribution in [1.29, 1.82) is 0 Å². The van der Waals surface area contributed by atoms with Crippen LogP contribution in [0.25, 0.3) is 0 Å². The summed E-state index contributed by atoms with van der Waals surface area (Å²) in [5, 5.41) is 13.1. The molecule has 0 spiro atoms. The van der Waals surface area contributed by atoms with E-state index in [0.29, 0.717) is 16.9 Å². The Morgan fingerprint density at radius 3 is 2.41 bits per heavy atom. The summed E-state index contributed by atoms with van der Waals surface area (Å²) in [4.78, 5) is 0. The molecule has 2 bridgehead atoms. The zero-order chi connectivity index (χ0) is 12.9. The molecular weight excluding hydrogens is 210 g/mol. The maximum atomic E-state index is 9.35. The molecule has 2 aliphatic carbocycles. The van der Waals surface area contributed by atoms with Gasteiger partial charge < -0.3 is 10.4 Å². The molecule has 0 saturated heterocycles. The molecule has 2 rings (SSSR count). The summed E-state index contributed by atoms with van der Waals surface area (Å²) in [5.41, 5.74) is 0.895. The van der Waals surface area contributed by atoms with Gasteiger partial charge in [0.25, 0.3) is 0 Å². The largest absolute Gasteiger partial charge is 0.396 e. The third-order valence-electron chi connectivity index (χ3n) is 5.48. The van der Waals surface area contributed by atoms with Crippen LogP contribution in [0, 0.1) is 22.2 Å². The number of aliphatic hydroxyl groups is 1. The summed E-state index contributed by atoms with van der Waals surface area (Å²) >= 11 is 0. The Morgan fingerprint density at radius 2 is 1.94 bits per heavy atom. The van der Waals surface area contributed by atoms with Gasteiger partial charge in [-0.1, -0.05) is 34.6 Å². The van der Waals surface area contributed by atoms with Crippen LogP contribution in [-0.4, -0.2) is 24.3 Å². The van der Waals surface area contributed by atoms with Crippen molar-refractivity contribution in [3.8, 4) is 0 Å². The maximum Gasteiger partial charge on any atom is 0.0494 e. The predicted molar refractivity (Wildman–Crippen MR) is 71.9 cm³/mol. The number of aliphatic hydroxyl groups excluding tert-OH is 1. The summed E-state index contributed by atoms with van der Waals surface area (Å²) in [6, 6.07) is 0.611. The first kappa shape index (κ1) is 13.4. The normalized spacial score (nSPS) is 39.9. The summed E-state index contributed by atoms with van der Waals surface area (Å²) in [7, 11) is 0. The Labute approximate surface area is 106 Å². The summed E-state index contributed by atoms with van der Waals surface area (Å²) in [6.45, 7) is 12.7. The molecule has 0 radical (unpaired) electrons. The lowest BCUT2D eigenvalue weighted by Gasteiger charge is -2.44. The van der Waals surface area contributed by atoms with E-state index in [4.69, 9.17) is 0 Å². The first-order valence-electron chi connectivity index (χ1n) is 7.06. The molecule has 2 saturated carbocycles. The minimum Gasteiger partial charge on any atom is -0.396 e. The van der Waals surface area contributed by atoms with Crippen LogP contribution in [0.2, 0.25) is 0 Å². The Hall–Kier alpha value is -0.0800. The van der Waals surface area contributed by atoms with Gasteiger partial charge in [0.1, 0.15) is 0 Å². The van der Waals surface area contributed by atoms with Crippen molar-refractivity contribution < 1.29 is 5.11 Å². The van der Waals surface area contributed by atoms with Crippen LogP contribution in [0.4, 0.5) is 0 Å². The van der Waals surface area contributed by atoms with Gasteiger partial charge >= 0.3 is 0 Å². The van der Waals surface area contributed by atoms with E-state index in [1.807, 2.05) is 0 Å². The van der Waals surface area contributed by atoms with Crippen LogP contribution in [0.15, 0.2) is 0 Å². The van der Waals surface area contributed by atoms with Gasteiger partial charge in [-0.25, -0.2) is 0 Å². The van der Waals surface area contributed by atoms with E-state index in [-0.39, 0.29) is 12.0 Å². The SMILES string of the molecule is CC(C)(CO)CNC1C(C)(C)[C@H]2CC[C@]1(C)C2. The van der Waals surface area contributed by atoms with Crippen LogP contribution >= 0.6 is 0 Å². The molecule has 0 aliphatic heterocycles. The molecule has 2 N–H and O–H groups in total. The molecular formula is C15H29NO. The molecule has 100 valence electrons. The van der Waals surface area contributed by atoms with Gasteiger partial charge in [0.2, 0.25) is 0 Å². The van der Waals surface area contributed by atoms with E-state index in [0.717, 1.165) is 12.5 Å². The standard InChI is InChI=1S/C15H29NO/c1-13(2,10-17)9-16-12-14(3,4)11-6-7-15(12,5)8-11/h11-12,16-17H,6-10H2,1-5H3/t11-,12?,15+/m0/s1. The smallest absolute Gasteiger partial charge is 0.0494 e. The molecule has 0 aromatic carbocycles. The Kier molecular flexibility index (Phi) is 3.11. The number of hydrogen-bond acceptors (Lipinski definition) is 2. The minimum absolute atomic E-state index is 0.00568. The number of rotatable bonds is 4. The highest BCUT2D eigenvalue weighted by atomic mass is 16.3. The first-order chi connectivity index (χ1) is 7.71.